The number of hydrogen-bond acceptors (Lipinski definition) is 2. The van der Waals surface area contributed by atoms with E-state index in [1.807, 2.05) is 54.6 Å². The Labute approximate surface area is 139 Å². The minimum absolute atomic E-state index is 0.585. The molecule has 0 radical (unpaired) electrons. The van der Waals surface area contributed by atoms with Gasteiger partial charge >= 0.3 is 9.28 Å². The largest absolute Gasteiger partial charge is 0.389 e. The highest BCUT2D eigenvalue weighted by atomic mass is 28.3. The molecule has 0 saturated heterocycles. The van der Waals surface area contributed by atoms with Crippen molar-refractivity contribution < 1.29 is 8.85 Å². The van der Waals surface area contributed by atoms with Gasteiger partial charge in [-0.15, -0.1) is 0 Å². The maximum atomic E-state index is 6.15. The molecule has 0 saturated carbocycles. The molecule has 0 heterocycles. The second-order valence-corrected chi connectivity index (χ2v) is 7.33. The molecule has 0 fully saturated rings. The van der Waals surface area contributed by atoms with Gasteiger partial charge in [0, 0.05) is 0 Å². The highest BCUT2D eigenvalue weighted by molar-refractivity contribution is 6.61. The average molecular weight is 320 g/mol. The second kappa shape index (κ2) is 8.43. The molecule has 116 valence electrons. The average Bonchev–Trinajstić information content (AvgIpc) is 2.64. The molecule has 3 heteroatoms. The van der Waals surface area contributed by atoms with Crippen molar-refractivity contribution >= 4 is 14.5 Å². The van der Waals surface area contributed by atoms with Gasteiger partial charge in [-0.1, -0.05) is 91.0 Å². The van der Waals surface area contributed by atoms with Gasteiger partial charge in [0.05, 0.1) is 13.2 Å². The lowest BCUT2D eigenvalue weighted by Crippen LogP contribution is -2.36. The van der Waals surface area contributed by atoms with E-state index in [1.54, 1.807) is 0 Å². The van der Waals surface area contributed by atoms with Crippen LogP contribution in [0.3, 0.4) is 0 Å². The lowest BCUT2D eigenvalue weighted by Gasteiger charge is -2.17. The molecule has 2 nitrogen and oxygen atoms in total. The number of benzene rings is 3. The molecule has 0 aliphatic carbocycles. The Morgan fingerprint density at radius 1 is 0.522 bits per heavy atom. The van der Waals surface area contributed by atoms with Gasteiger partial charge in [-0.25, -0.2) is 0 Å². The summed E-state index contributed by atoms with van der Waals surface area (Å²) in [5.74, 6) is 0. The van der Waals surface area contributed by atoms with Gasteiger partial charge in [0.2, 0.25) is 0 Å². The third-order valence-electron chi connectivity index (χ3n) is 3.56. The molecule has 0 N–H and O–H groups in total. The Morgan fingerprint density at radius 3 is 1.35 bits per heavy atom. The highest BCUT2D eigenvalue weighted by Gasteiger charge is 2.16. The minimum Gasteiger partial charge on any atom is -0.389 e. The van der Waals surface area contributed by atoms with Crippen LogP contribution in [0, 0.1) is 0 Å². The van der Waals surface area contributed by atoms with Crippen molar-refractivity contribution in [3.63, 3.8) is 0 Å². The van der Waals surface area contributed by atoms with Gasteiger partial charge in [0.25, 0.3) is 0 Å². The predicted octanol–water partition coefficient (Wildman–Crippen LogP) is 3.55. The van der Waals surface area contributed by atoms with Crippen LogP contribution in [0.1, 0.15) is 11.1 Å². The number of hydrogen-bond donors (Lipinski definition) is 0. The zero-order valence-corrected chi connectivity index (χ0v) is 14.1. The van der Waals surface area contributed by atoms with Crippen molar-refractivity contribution in [2.75, 3.05) is 0 Å². The number of rotatable bonds is 7. The Hall–Kier alpha value is -2.20. The Kier molecular flexibility index (Phi) is 5.75. The molecular formula is C20H20O2Si. The summed E-state index contributed by atoms with van der Waals surface area (Å²) in [5, 5.41) is 1.17. The Morgan fingerprint density at radius 2 is 0.913 bits per heavy atom. The second-order valence-electron chi connectivity index (χ2n) is 5.34. The summed E-state index contributed by atoms with van der Waals surface area (Å²) in [7, 11) is -1.93. The summed E-state index contributed by atoms with van der Waals surface area (Å²) in [4.78, 5) is 0. The topological polar surface area (TPSA) is 18.5 Å². The molecule has 3 aromatic carbocycles. The third-order valence-corrected chi connectivity index (χ3v) is 5.43. The Bertz CT molecular complexity index is 643. The molecule has 0 unspecified atom stereocenters. The van der Waals surface area contributed by atoms with Crippen molar-refractivity contribution in [1.82, 2.24) is 0 Å². The van der Waals surface area contributed by atoms with Crippen LogP contribution in [-0.4, -0.2) is 9.28 Å². The molecule has 0 amide bonds. The highest BCUT2D eigenvalue weighted by Crippen LogP contribution is 2.06. The van der Waals surface area contributed by atoms with Crippen LogP contribution >= 0.6 is 0 Å². The maximum Gasteiger partial charge on any atom is 0.356 e. The zero-order chi connectivity index (χ0) is 15.7. The van der Waals surface area contributed by atoms with E-state index >= 15 is 0 Å². The molecule has 3 rings (SSSR count). The summed E-state index contributed by atoms with van der Waals surface area (Å²) in [6.07, 6.45) is 0. The van der Waals surface area contributed by atoms with E-state index < -0.39 is 9.28 Å². The van der Waals surface area contributed by atoms with Crippen molar-refractivity contribution in [2.45, 2.75) is 13.2 Å². The van der Waals surface area contributed by atoms with Gasteiger partial charge in [0.1, 0.15) is 0 Å². The molecule has 3 aromatic rings. The third kappa shape index (κ3) is 4.89. The standard InChI is InChI=1S/C20H20O2Si/c1-4-10-18(11-5-1)16-21-23(20-14-8-3-9-15-20)22-17-19-12-6-2-7-13-19/h1-15,23H,16-17H2. The molecule has 0 aromatic heterocycles. The zero-order valence-electron chi connectivity index (χ0n) is 13.0. The SMILES string of the molecule is c1ccc(CO[SiH](OCc2ccccc2)c2ccccc2)cc1. The predicted molar refractivity (Wildman–Crippen MR) is 95.7 cm³/mol. The monoisotopic (exact) mass is 320 g/mol. The van der Waals surface area contributed by atoms with E-state index in [9.17, 15) is 0 Å². The lowest BCUT2D eigenvalue weighted by molar-refractivity contribution is 0.192. The maximum absolute atomic E-state index is 6.15. The molecule has 0 aliphatic rings. The van der Waals surface area contributed by atoms with E-state index in [0.29, 0.717) is 13.2 Å². The summed E-state index contributed by atoms with van der Waals surface area (Å²) in [6, 6.07) is 30.7. The van der Waals surface area contributed by atoms with E-state index in [-0.39, 0.29) is 0 Å². The minimum atomic E-state index is -1.93. The van der Waals surface area contributed by atoms with Crippen molar-refractivity contribution in [1.29, 1.82) is 0 Å². The molecule has 0 aliphatic heterocycles. The summed E-state index contributed by atoms with van der Waals surface area (Å²) < 4.78 is 12.3. The fourth-order valence-corrected chi connectivity index (χ4v) is 4.05. The van der Waals surface area contributed by atoms with Crippen LogP contribution in [-0.2, 0) is 22.1 Å². The van der Waals surface area contributed by atoms with Crippen LogP contribution < -0.4 is 5.19 Å². The molecule has 0 atom stereocenters. The first-order chi connectivity index (χ1) is 11.4. The van der Waals surface area contributed by atoms with Gasteiger partial charge in [-0.05, 0) is 16.3 Å². The molecule has 23 heavy (non-hydrogen) atoms. The van der Waals surface area contributed by atoms with Crippen LogP contribution in [0.5, 0.6) is 0 Å². The smallest absolute Gasteiger partial charge is 0.356 e. The fourth-order valence-electron chi connectivity index (χ4n) is 2.34. The van der Waals surface area contributed by atoms with Crippen LogP contribution in [0.4, 0.5) is 0 Å². The molecular weight excluding hydrogens is 300 g/mol. The van der Waals surface area contributed by atoms with E-state index in [4.69, 9.17) is 8.85 Å². The summed E-state index contributed by atoms with van der Waals surface area (Å²) in [6.45, 7) is 1.17. The summed E-state index contributed by atoms with van der Waals surface area (Å²) >= 11 is 0. The first-order valence-corrected chi connectivity index (χ1v) is 9.30. The van der Waals surface area contributed by atoms with Gasteiger partial charge in [0.15, 0.2) is 0 Å². The Balaban J connectivity index is 1.66. The van der Waals surface area contributed by atoms with E-state index in [1.165, 1.54) is 16.3 Å². The van der Waals surface area contributed by atoms with Gasteiger partial charge in [-0.3, -0.25) is 0 Å². The van der Waals surface area contributed by atoms with E-state index in [2.05, 4.69) is 36.4 Å². The lowest BCUT2D eigenvalue weighted by atomic mass is 10.2. The van der Waals surface area contributed by atoms with Gasteiger partial charge in [-0.2, -0.15) is 0 Å². The fraction of sp³-hybridized carbons (Fsp3) is 0.100. The molecule has 0 spiro atoms. The quantitative estimate of drug-likeness (QED) is 0.620. The van der Waals surface area contributed by atoms with Crippen LogP contribution in [0.2, 0.25) is 0 Å². The first-order valence-electron chi connectivity index (χ1n) is 7.78. The van der Waals surface area contributed by atoms with Crippen molar-refractivity contribution in [3.05, 3.63) is 102 Å². The van der Waals surface area contributed by atoms with Gasteiger partial charge < -0.3 is 8.85 Å². The normalized spacial score (nSPS) is 10.8. The van der Waals surface area contributed by atoms with E-state index in [0.717, 1.165) is 0 Å². The van der Waals surface area contributed by atoms with Crippen molar-refractivity contribution in [3.8, 4) is 0 Å². The first kappa shape index (κ1) is 15.7. The summed E-state index contributed by atoms with van der Waals surface area (Å²) in [5.41, 5.74) is 2.34. The van der Waals surface area contributed by atoms with Crippen LogP contribution in [0.15, 0.2) is 91.0 Å². The van der Waals surface area contributed by atoms with Crippen molar-refractivity contribution in [2.24, 2.45) is 0 Å². The van der Waals surface area contributed by atoms with Crippen LogP contribution in [0.25, 0.3) is 0 Å². The molecule has 0 bridgehead atoms.